The molecule has 1 heterocycles. The van der Waals surface area contributed by atoms with Crippen LogP contribution in [0.1, 0.15) is 53.9 Å². The van der Waals surface area contributed by atoms with E-state index in [2.05, 4.69) is 44.8 Å². The third-order valence-electron chi connectivity index (χ3n) is 3.96. The summed E-state index contributed by atoms with van der Waals surface area (Å²) >= 11 is 0. The monoisotopic (exact) mass is 270 g/mol. The molecular weight excluding hydrogens is 236 g/mol. The maximum atomic E-state index is 5.71. The molecule has 1 N–H and O–H groups in total. The van der Waals surface area contributed by atoms with Gasteiger partial charge in [-0.05, 0) is 44.7 Å². The maximum absolute atomic E-state index is 5.71. The minimum Gasteiger partial charge on any atom is -0.377 e. The van der Waals surface area contributed by atoms with Crippen molar-refractivity contribution in [3.63, 3.8) is 0 Å². The van der Waals surface area contributed by atoms with Crippen molar-refractivity contribution in [1.29, 1.82) is 0 Å². The molecule has 2 atom stereocenters. The summed E-state index contributed by atoms with van der Waals surface area (Å²) in [6.45, 7) is 17.0. The van der Waals surface area contributed by atoms with Crippen molar-refractivity contribution >= 4 is 0 Å². The lowest BCUT2D eigenvalue weighted by molar-refractivity contribution is 0.0664. The molecule has 0 saturated carbocycles. The number of ether oxygens (including phenoxy) is 1. The zero-order valence-corrected chi connectivity index (χ0v) is 13.7. The lowest BCUT2D eigenvalue weighted by atomic mass is 9.84. The Kier molecular flexibility index (Phi) is 7.33. The average molecular weight is 270 g/mol. The largest absolute Gasteiger partial charge is 0.377 e. The van der Waals surface area contributed by atoms with Gasteiger partial charge in [0.25, 0.3) is 0 Å². The molecule has 0 aromatic heterocycles. The summed E-state index contributed by atoms with van der Waals surface area (Å²) in [6, 6.07) is 0.604. The highest BCUT2D eigenvalue weighted by Gasteiger charge is 2.25. The smallest absolute Gasteiger partial charge is 0.0673 e. The molecule has 1 aliphatic rings. The fourth-order valence-electron chi connectivity index (χ4n) is 2.75. The van der Waals surface area contributed by atoms with Crippen LogP contribution in [0, 0.1) is 5.41 Å². The minimum absolute atomic E-state index is 0.336. The van der Waals surface area contributed by atoms with Crippen LogP contribution in [-0.4, -0.2) is 49.8 Å². The van der Waals surface area contributed by atoms with Gasteiger partial charge >= 0.3 is 0 Å². The van der Waals surface area contributed by atoms with Crippen molar-refractivity contribution in [2.45, 2.75) is 66.0 Å². The number of nitrogens with zero attached hydrogens (tertiary/aromatic N) is 1. The summed E-state index contributed by atoms with van der Waals surface area (Å²) in [7, 11) is 0. The molecule has 114 valence electrons. The van der Waals surface area contributed by atoms with Gasteiger partial charge in [-0.25, -0.2) is 0 Å². The van der Waals surface area contributed by atoms with Crippen LogP contribution in [0.2, 0.25) is 0 Å². The van der Waals surface area contributed by atoms with E-state index in [1.807, 2.05) is 0 Å². The molecule has 2 unspecified atom stereocenters. The number of hydrogen-bond acceptors (Lipinski definition) is 3. The van der Waals surface area contributed by atoms with Gasteiger partial charge in [0.05, 0.1) is 6.10 Å². The highest BCUT2D eigenvalue weighted by molar-refractivity contribution is 4.82. The van der Waals surface area contributed by atoms with Crippen LogP contribution in [0.5, 0.6) is 0 Å². The zero-order chi connectivity index (χ0) is 14.3. The first-order valence-corrected chi connectivity index (χ1v) is 8.00. The van der Waals surface area contributed by atoms with Crippen LogP contribution in [0.15, 0.2) is 0 Å². The molecule has 0 radical (unpaired) electrons. The van der Waals surface area contributed by atoms with Gasteiger partial charge in [0, 0.05) is 25.7 Å². The van der Waals surface area contributed by atoms with E-state index in [-0.39, 0.29) is 0 Å². The number of nitrogens with one attached hydrogen (secondary N) is 1. The fraction of sp³-hybridized carbons (Fsp3) is 1.00. The van der Waals surface area contributed by atoms with E-state index < -0.39 is 0 Å². The summed E-state index contributed by atoms with van der Waals surface area (Å²) in [5, 5.41) is 3.72. The van der Waals surface area contributed by atoms with Crippen LogP contribution in [0.3, 0.4) is 0 Å². The molecule has 3 nitrogen and oxygen atoms in total. The van der Waals surface area contributed by atoms with Gasteiger partial charge in [0.1, 0.15) is 0 Å². The van der Waals surface area contributed by atoms with Crippen molar-refractivity contribution in [2.75, 3.05) is 32.8 Å². The van der Waals surface area contributed by atoms with Crippen molar-refractivity contribution in [3.8, 4) is 0 Å². The topological polar surface area (TPSA) is 24.5 Å². The lowest BCUT2D eigenvalue weighted by Crippen LogP contribution is -2.43. The molecule has 0 amide bonds. The van der Waals surface area contributed by atoms with Crippen molar-refractivity contribution in [2.24, 2.45) is 5.41 Å². The second-order valence-corrected chi connectivity index (χ2v) is 7.00. The first-order chi connectivity index (χ1) is 8.93. The Balaban J connectivity index is 2.41. The molecule has 0 aromatic carbocycles. The van der Waals surface area contributed by atoms with E-state index in [0.717, 1.165) is 19.7 Å². The molecule has 3 heteroatoms. The van der Waals surface area contributed by atoms with Crippen LogP contribution in [0.25, 0.3) is 0 Å². The summed E-state index contributed by atoms with van der Waals surface area (Å²) in [6.07, 6.45) is 4.00. The van der Waals surface area contributed by atoms with E-state index >= 15 is 0 Å². The minimum atomic E-state index is 0.336. The second kappa shape index (κ2) is 8.23. The molecule has 19 heavy (non-hydrogen) atoms. The average Bonchev–Trinajstić information content (AvgIpc) is 2.52. The fourth-order valence-corrected chi connectivity index (χ4v) is 2.75. The molecule has 0 aromatic rings. The molecule has 0 spiro atoms. The summed E-state index contributed by atoms with van der Waals surface area (Å²) < 4.78 is 5.71. The predicted octanol–water partition coefficient (Wildman–Crippen LogP) is 2.90. The quantitative estimate of drug-likeness (QED) is 0.803. The van der Waals surface area contributed by atoms with Crippen molar-refractivity contribution < 1.29 is 4.74 Å². The maximum Gasteiger partial charge on any atom is 0.0673 e. The second-order valence-electron chi connectivity index (χ2n) is 7.00. The van der Waals surface area contributed by atoms with Crippen molar-refractivity contribution in [1.82, 2.24) is 10.2 Å². The molecule has 1 saturated heterocycles. The van der Waals surface area contributed by atoms with Gasteiger partial charge in [-0.3, -0.25) is 0 Å². The first-order valence-electron chi connectivity index (χ1n) is 8.00. The standard InChI is InChI=1S/C16H34N2O/c1-6-9-17-15(16(3,4)5)8-11-18-10-7-12-19-14(2)13-18/h14-15,17H,6-13H2,1-5H3. The van der Waals surface area contributed by atoms with Crippen LogP contribution < -0.4 is 5.32 Å². The summed E-state index contributed by atoms with van der Waals surface area (Å²) in [5.41, 5.74) is 0.336. The van der Waals surface area contributed by atoms with Gasteiger partial charge < -0.3 is 15.0 Å². The third-order valence-corrected chi connectivity index (χ3v) is 3.96. The van der Waals surface area contributed by atoms with Crippen LogP contribution >= 0.6 is 0 Å². The third kappa shape index (κ3) is 6.73. The zero-order valence-electron chi connectivity index (χ0n) is 13.7. The van der Waals surface area contributed by atoms with Gasteiger partial charge in [0.2, 0.25) is 0 Å². The van der Waals surface area contributed by atoms with E-state index in [0.29, 0.717) is 17.6 Å². The lowest BCUT2D eigenvalue weighted by Gasteiger charge is -2.34. The van der Waals surface area contributed by atoms with Gasteiger partial charge in [-0.1, -0.05) is 27.7 Å². The Morgan fingerprint density at radius 3 is 2.74 bits per heavy atom. The SMILES string of the molecule is CCCNC(CCN1CCCOC(C)C1)C(C)(C)C. The summed E-state index contributed by atoms with van der Waals surface area (Å²) in [4.78, 5) is 2.57. The Bertz CT molecular complexity index is 237. The van der Waals surface area contributed by atoms with Gasteiger partial charge in [-0.15, -0.1) is 0 Å². The van der Waals surface area contributed by atoms with E-state index in [9.17, 15) is 0 Å². The first kappa shape index (κ1) is 16.9. The molecule has 1 rings (SSSR count). The summed E-state index contributed by atoms with van der Waals surface area (Å²) in [5.74, 6) is 0. The predicted molar refractivity (Wildman–Crippen MR) is 82.6 cm³/mol. The van der Waals surface area contributed by atoms with E-state index in [1.54, 1.807) is 0 Å². The highest BCUT2D eigenvalue weighted by atomic mass is 16.5. The molecular formula is C16H34N2O. The Morgan fingerprint density at radius 1 is 1.37 bits per heavy atom. The normalized spacial score (nSPS) is 24.2. The van der Waals surface area contributed by atoms with E-state index in [4.69, 9.17) is 4.74 Å². The van der Waals surface area contributed by atoms with Gasteiger partial charge in [0.15, 0.2) is 0 Å². The Labute approximate surface area is 120 Å². The van der Waals surface area contributed by atoms with E-state index in [1.165, 1.54) is 32.4 Å². The van der Waals surface area contributed by atoms with Crippen LogP contribution in [0.4, 0.5) is 0 Å². The Morgan fingerprint density at radius 2 is 2.11 bits per heavy atom. The molecule has 0 bridgehead atoms. The van der Waals surface area contributed by atoms with Crippen molar-refractivity contribution in [3.05, 3.63) is 0 Å². The molecule has 0 aliphatic carbocycles. The molecule has 1 fully saturated rings. The molecule has 1 aliphatic heterocycles. The van der Waals surface area contributed by atoms with Crippen LogP contribution in [-0.2, 0) is 4.74 Å². The number of rotatable bonds is 6. The number of hydrogen-bond donors (Lipinski definition) is 1. The highest BCUT2D eigenvalue weighted by Crippen LogP contribution is 2.22. The van der Waals surface area contributed by atoms with Gasteiger partial charge in [-0.2, -0.15) is 0 Å². The Hall–Kier alpha value is -0.120.